The minimum absolute atomic E-state index is 0.103. The quantitative estimate of drug-likeness (QED) is 0.484. The first-order valence-corrected chi connectivity index (χ1v) is 12.6. The number of nitrogens with one attached hydrogen (secondary N) is 1. The molecule has 2 fully saturated rings. The zero-order valence-electron chi connectivity index (χ0n) is 21.6. The molecule has 1 spiro atoms. The molecule has 0 aliphatic carbocycles. The molecule has 0 bridgehead atoms. The lowest BCUT2D eigenvalue weighted by molar-refractivity contribution is -0.317. The third-order valence-electron chi connectivity index (χ3n) is 6.40. The molecule has 2 saturated heterocycles. The third kappa shape index (κ3) is 6.73. The van der Waals surface area contributed by atoms with E-state index in [0.717, 1.165) is 36.8 Å². The Kier molecular flexibility index (Phi) is 7.38. The third-order valence-corrected chi connectivity index (χ3v) is 6.40. The highest BCUT2D eigenvalue weighted by atomic mass is 16.7. The fraction of sp³-hybridized carbons (Fsp3) is 0.500. The van der Waals surface area contributed by atoms with Crippen LogP contribution in [-0.4, -0.2) is 42.2 Å². The van der Waals surface area contributed by atoms with E-state index in [1.165, 1.54) is 5.56 Å². The van der Waals surface area contributed by atoms with E-state index in [2.05, 4.69) is 63.9 Å². The van der Waals surface area contributed by atoms with Crippen molar-refractivity contribution < 1.29 is 19.0 Å². The molecule has 35 heavy (non-hydrogen) atoms. The number of carbonyl (C=O) groups is 1. The van der Waals surface area contributed by atoms with Crippen molar-refractivity contribution in [2.75, 3.05) is 13.2 Å². The number of rotatable bonds is 4. The lowest BCUT2D eigenvalue weighted by atomic mass is 9.78. The predicted molar refractivity (Wildman–Crippen MR) is 137 cm³/mol. The first-order valence-electron chi connectivity index (χ1n) is 12.6. The molecule has 0 radical (unpaired) electrons. The van der Waals surface area contributed by atoms with Gasteiger partial charge >= 0.3 is 5.97 Å². The highest BCUT2D eigenvalue weighted by Crippen LogP contribution is 2.41. The van der Waals surface area contributed by atoms with Crippen molar-refractivity contribution in [3.8, 4) is 11.8 Å². The second kappa shape index (κ2) is 10.1. The van der Waals surface area contributed by atoms with E-state index in [-0.39, 0.29) is 17.0 Å². The Balaban J connectivity index is 1.31. The van der Waals surface area contributed by atoms with Crippen LogP contribution >= 0.6 is 0 Å². The summed E-state index contributed by atoms with van der Waals surface area (Å²) in [7, 11) is 0. The second-order valence-electron chi connectivity index (χ2n) is 11.1. The Morgan fingerprint density at radius 1 is 0.914 bits per heavy atom. The number of esters is 1. The fourth-order valence-corrected chi connectivity index (χ4v) is 5.36. The summed E-state index contributed by atoms with van der Waals surface area (Å²) >= 11 is 0. The molecule has 2 heterocycles. The van der Waals surface area contributed by atoms with Crippen LogP contribution in [-0.2, 0) is 20.6 Å². The van der Waals surface area contributed by atoms with Gasteiger partial charge in [-0.05, 0) is 76.1 Å². The van der Waals surface area contributed by atoms with Gasteiger partial charge in [0.15, 0.2) is 5.79 Å². The van der Waals surface area contributed by atoms with Crippen LogP contribution in [0.4, 0.5) is 0 Å². The molecule has 0 saturated carbocycles. The highest BCUT2D eigenvalue weighted by Gasteiger charge is 2.51. The normalized spacial score (nSPS) is 20.6. The molecular formula is C30H37NO4. The molecule has 2 aromatic rings. The molecule has 5 nitrogen and oxygen atoms in total. The molecule has 0 amide bonds. The van der Waals surface area contributed by atoms with Gasteiger partial charge in [0.1, 0.15) is 6.10 Å². The standard InChI is InChI=1S/C30H37NO4/c1-6-7-22-8-10-23(11-9-22)12-13-24-14-16-25(17-15-24)27(32)35-26-18-33-30(34-19-26)20-28(2,3)31-29(4,5)21-30/h8-11,14-17,26,31H,6-7,18-21H2,1-5H3. The zero-order chi connectivity index (χ0) is 25.1. The molecule has 2 aliphatic heterocycles. The molecule has 186 valence electrons. The van der Waals surface area contributed by atoms with Crippen LogP contribution in [0.5, 0.6) is 0 Å². The summed E-state index contributed by atoms with van der Waals surface area (Å²) in [6.07, 6.45) is 3.28. The van der Waals surface area contributed by atoms with Crippen molar-refractivity contribution in [3.63, 3.8) is 0 Å². The van der Waals surface area contributed by atoms with Crippen molar-refractivity contribution in [2.45, 2.75) is 83.3 Å². The number of hydrogen-bond donors (Lipinski definition) is 1. The van der Waals surface area contributed by atoms with Gasteiger partial charge in [0.05, 0.1) is 18.8 Å². The molecule has 1 N–H and O–H groups in total. The Labute approximate surface area is 209 Å². The van der Waals surface area contributed by atoms with E-state index in [9.17, 15) is 4.79 Å². The van der Waals surface area contributed by atoms with E-state index >= 15 is 0 Å². The van der Waals surface area contributed by atoms with Gasteiger partial charge in [0.2, 0.25) is 0 Å². The number of benzene rings is 2. The first-order chi connectivity index (χ1) is 16.6. The molecule has 0 unspecified atom stereocenters. The van der Waals surface area contributed by atoms with Gasteiger partial charge in [-0.25, -0.2) is 4.79 Å². The summed E-state index contributed by atoms with van der Waals surface area (Å²) in [6.45, 7) is 11.5. The van der Waals surface area contributed by atoms with Gasteiger partial charge in [0.25, 0.3) is 0 Å². The average molecular weight is 476 g/mol. The van der Waals surface area contributed by atoms with Crippen LogP contribution in [0.3, 0.4) is 0 Å². The van der Waals surface area contributed by atoms with Crippen molar-refractivity contribution >= 4 is 5.97 Å². The first kappa shape index (κ1) is 25.4. The number of ether oxygens (including phenoxy) is 3. The van der Waals surface area contributed by atoms with E-state index in [0.29, 0.717) is 18.8 Å². The van der Waals surface area contributed by atoms with Gasteiger partial charge < -0.3 is 19.5 Å². The van der Waals surface area contributed by atoms with Crippen molar-refractivity contribution in [2.24, 2.45) is 0 Å². The predicted octanol–water partition coefficient (Wildman–Crippen LogP) is 5.25. The van der Waals surface area contributed by atoms with E-state index in [1.54, 1.807) is 12.1 Å². The maximum Gasteiger partial charge on any atom is 0.338 e. The summed E-state index contributed by atoms with van der Waals surface area (Å²) in [5.41, 5.74) is 3.44. The highest BCUT2D eigenvalue weighted by molar-refractivity contribution is 5.89. The molecule has 0 aromatic heterocycles. The van der Waals surface area contributed by atoms with Crippen LogP contribution in [0.1, 0.15) is 80.9 Å². The fourth-order valence-electron chi connectivity index (χ4n) is 5.36. The molecule has 2 aliphatic rings. The Bertz CT molecular complexity index is 1060. The van der Waals surface area contributed by atoms with Crippen molar-refractivity contribution in [1.29, 1.82) is 0 Å². The van der Waals surface area contributed by atoms with Crippen molar-refractivity contribution in [1.82, 2.24) is 5.32 Å². The van der Waals surface area contributed by atoms with E-state index in [4.69, 9.17) is 14.2 Å². The number of carbonyl (C=O) groups excluding carboxylic acids is 1. The maximum atomic E-state index is 12.7. The minimum Gasteiger partial charge on any atom is -0.454 e. The van der Waals surface area contributed by atoms with Crippen LogP contribution in [0.25, 0.3) is 0 Å². The number of aryl methyl sites for hydroxylation is 1. The van der Waals surface area contributed by atoms with Gasteiger partial charge in [-0.15, -0.1) is 0 Å². The lowest BCUT2D eigenvalue weighted by Gasteiger charge is -2.53. The smallest absolute Gasteiger partial charge is 0.338 e. The van der Waals surface area contributed by atoms with Crippen LogP contribution in [0, 0.1) is 11.8 Å². The van der Waals surface area contributed by atoms with Crippen LogP contribution in [0.15, 0.2) is 48.5 Å². The molecule has 5 heteroatoms. The Morgan fingerprint density at radius 2 is 1.43 bits per heavy atom. The summed E-state index contributed by atoms with van der Waals surface area (Å²) in [6, 6.07) is 15.5. The molecule has 4 rings (SSSR count). The van der Waals surface area contributed by atoms with Gasteiger partial charge in [-0.1, -0.05) is 37.3 Å². The lowest BCUT2D eigenvalue weighted by Crippen LogP contribution is -2.66. The monoisotopic (exact) mass is 475 g/mol. The van der Waals surface area contributed by atoms with Gasteiger partial charge in [-0.3, -0.25) is 0 Å². The van der Waals surface area contributed by atoms with Crippen LogP contribution < -0.4 is 5.32 Å². The number of piperidine rings is 1. The van der Waals surface area contributed by atoms with Gasteiger partial charge in [-0.2, -0.15) is 0 Å². The summed E-state index contributed by atoms with van der Waals surface area (Å²) in [5.74, 6) is 5.32. The second-order valence-corrected chi connectivity index (χ2v) is 11.1. The van der Waals surface area contributed by atoms with Crippen LogP contribution in [0.2, 0.25) is 0 Å². The van der Waals surface area contributed by atoms with E-state index < -0.39 is 11.9 Å². The summed E-state index contributed by atoms with van der Waals surface area (Å²) in [5, 5.41) is 3.64. The summed E-state index contributed by atoms with van der Waals surface area (Å²) < 4.78 is 18.0. The van der Waals surface area contributed by atoms with Crippen molar-refractivity contribution in [3.05, 3.63) is 70.8 Å². The number of hydrogen-bond acceptors (Lipinski definition) is 5. The largest absolute Gasteiger partial charge is 0.454 e. The molecule has 0 atom stereocenters. The van der Waals surface area contributed by atoms with Gasteiger partial charge in [0, 0.05) is 35.0 Å². The zero-order valence-corrected chi connectivity index (χ0v) is 21.6. The van der Waals surface area contributed by atoms with E-state index in [1.807, 2.05) is 24.3 Å². The summed E-state index contributed by atoms with van der Waals surface area (Å²) in [4.78, 5) is 12.7. The average Bonchev–Trinajstić information content (AvgIpc) is 2.79. The SMILES string of the molecule is CCCc1ccc(C#Cc2ccc(C(=O)OC3COC4(CC(C)(C)NC(C)(C)C4)OC3)cc2)cc1. The maximum absolute atomic E-state index is 12.7. The topological polar surface area (TPSA) is 56.8 Å². The molecular weight excluding hydrogens is 438 g/mol. The molecule has 2 aromatic carbocycles. The Hall–Kier alpha value is -2.65. The minimum atomic E-state index is -0.641. The Morgan fingerprint density at radius 3 is 1.94 bits per heavy atom.